The van der Waals surface area contributed by atoms with E-state index in [0.29, 0.717) is 30.8 Å². The van der Waals surface area contributed by atoms with Gasteiger partial charge in [0.2, 0.25) is 0 Å². The molecule has 0 bridgehead atoms. The van der Waals surface area contributed by atoms with Crippen molar-refractivity contribution in [2.75, 3.05) is 13.7 Å². The zero-order valence-electron chi connectivity index (χ0n) is 17.4. The van der Waals surface area contributed by atoms with E-state index < -0.39 is 11.8 Å². The fraction of sp³-hybridized carbons (Fsp3) is 0.913. The van der Waals surface area contributed by atoms with Crippen LogP contribution in [0.3, 0.4) is 0 Å². The van der Waals surface area contributed by atoms with Crippen molar-refractivity contribution < 1.29 is 23.0 Å². The summed E-state index contributed by atoms with van der Waals surface area (Å²) in [6.07, 6.45) is 4.29. The van der Waals surface area contributed by atoms with Crippen LogP contribution in [-0.4, -0.2) is 30.6 Å². The molecule has 0 aromatic rings. The van der Waals surface area contributed by atoms with Gasteiger partial charge in [-0.3, -0.25) is 0 Å². The van der Waals surface area contributed by atoms with Crippen LogP contribution in [0.5, 0.6) is 0 Å². The lowest BCUT2D eigenvalue weighted by Gasteiger charge is -2.62. The lowest BCUT2D eigenvalue weighted by atomic mass is 9.43. The highest BCUT2D eigenvalue weighted by atomic mass is 19.4. The predicted octanol–water partition coefficient (Wildman–Crippen LogP) is 5.90. The van der Waals surface area contributed by atoms with Gasteiger partial charge in [0, 0.05) is 7.11 Å². The van der Waals surface area contributed by atoms with Crippen LogP contribution in [0.2, 0.25) is 0 Å². The molecule has 0 aromatic carbocycles. The van der Waals surface area contributed by atoms with Gasteiger partial charge in [-0.05, 0) is 99.2 Å². The molecule has 0 unspecified atom stereocenters. The van der Waals surface area contributed by atoms with Crippen LogP contribution < -0.4 is 0 Å². The van der Waals surface area contributed by atoms with Crippen LogP contribution in [0.25, 0.3) is 0 Å². The number of aliphatic hydroxyl groups is 1. The number of rotatable bonds is 2. The number of hydrogen-bond acceptors (Lipinski definition) is 2. The highest BCUT2D eigenvalue weighted by Gasteiger charge is 2.65. The van der Waals surface area contributed by atoms with Crippen LogP contribution in [0, 0.1) is 34.5 Å². The van der Waals surface area contributed by atoms with E-state index in [1.807, 2.05) is 0 Å². The molecular formula is C23H35F3O2. The first-order valence-electron chi connectivity index (χ1n) is 11.0. The second-order valence-electron chi connectivity index (χ2n) is 10.4. The fourth-order valence-electron chi connectivity index (χ4n) is 8.18. The maximum absolute atomic E-state index is 13.5. The molecule has 160 valence electrons. The van der Waals surface area contributed by atoms with Gasteiger partial charge in [-0.2, -0.15) is 13.2 Å². The van der Waals surface area contributed by atoms with Gasteiger partial charge in [-0.15, -0.1) is 0 Å². The van der Waals surface area contributed by atoms with Gasteiger partial charge in [0.25, 0.3) is 0 Å². The number of hydrogen-bond donors (Lipinski definition) is 1. The molecule has 4 aliphatic carbocycles. The second kappa shape index (κ2) is 6.73. The molecule has 4 aliphatic rings. The average Bonchev–Trinajstić information content (AvgIpc) is 2.98. The van der Waals surface area contributed by atoms with E-state index in [-0.39, 0.29) is 29.6 Å². The van der Waals surface area contributed by atoms with Crippen molar-refractivity contribution >= 4 is 0 Å². The van der Waals surface area contributed by atoms with Gasteiger partial charge >= 0.3 is 6.18 Å². The lowest BCUT2D eigenvalue weighted by Crippen LogP contribution is -2.61. The molecule has 5 heteroatoms. The van der Waals surface area contributed by atoms with Crippen LogP contribution in [0.15, 0.2) is 11.6 Å². The fourth-order valence-corrected chi connectivity index (χ4v) is 8.18. The van der Waals surface area contributed by atoms with Gasteiger partial charge in [0.15, 0.2) is 5.60 Å². The third-order valence-corrected chi connectivity index (χ3v) is 9.56. The van der Waals surface area contributed by atoms with E-state index >= 15 is 0 Å². The number of halogens is 3. The maximum Gasteiger partial charge on any atom is 0.417 e. The van der Waals surface area contributed by atoms with Crippen LogP contribution in [0.1, 0.15) is 71.6 Å². The van der Waals surface area contributed by atoms with Crippen molar-refractivity contribution in [3.63, 3.8) is 0 Å². The number of fused-ring (bicyclic) bond motifs is 5. The van der Waals surface area contributed by atoms with Crippen molar-refractivity contribution in [3.8, 4) is 0 Å². The molecule has 7 atom stereocenters. The average molecular weight is 401 g/mol. The summed E-state index contributed by atoms with van der Waals surface area (Å²) in [5.41, 5.74) is -0.849. The van der Waals surface area contributed by atoms with Crippen LogP contribution in [-0.2, 0) is 4.74 Å². The standard InChI is InChI=1S/C23H35F3O2/c1-4-15-6-8-18-17-7-5-16-13-22(27,23(24,25)26)12-11-21(16,14-28-3)19(17)9-10-20(15,18)2/h4,16-19,27H,5-14H2,1-3H3/t16-,17+,18+,19+,20-,21-,22-/m1/s1. The van der Waals surface area contributed by atoms with E-state index in [0.717, 1.165) is 25.7 Å². The van der Waals surface area contributed by atoms with Crippen LogP contribution in [0.4, 0.5) is 13.2 Å². The monoisotopic (exact) mass is 400 g/mol. The summed E-state index contributed by atoms with van der Waals surface area (Å²) < 4.78 is 46.3. The van der Waals surface area contributed by atoms with E-state index in [1.165, 1.54) is 12.8 Å². The molecule has 0 heterocycles. The summed E-state index contributed by atoms with van der Waals surface area (Å²) in [7, 11) is 1.68. The molecule has 2 nitrogen and oxygen atoms in total. The Balaban J connectivity index is 1.65. The minimum atomic E-state index is -4.54. The topological polar surface area (TPSA) is 29.5 Å². The SMILES string of the molecule is CC=C1CC[C@H]2[C@@H]3CC[C@@H]4C[C@@](O)(C(F)(F)F)CC[C@]4(COC)[C@H]3CC[C@]12C. The van der Waals surface area contributed by atoms with Crippen molar-refractivity contribution in [1.82, 2.24) is 0 Å². The summed E-state index contributed by atoms with van der Waals surface area (Å²) in [5, 5.41) is 10.4. The quantitative estimate of drug-likeness (QED) is 0.585. The highest BCUT2D eigenvalue weighted by Crippen LogP contribution is 2.68. The molecule has 4 fully saturated rings. The summed E-state index contributed by atoms with van der Waals surface area (Å²) in [6.45, 7) is 5.11. The molecule has 0 spiro atoms. The molecular weight excluding hydrogens is 365 g/mol. The van der Waals surface area contributed by atoms with Crippen LogP contribution >= 0.6 is 0 Å². The first kappa shape index (κ1) is 20.7. The zero-order chi connectivity index (χ0) is 20.4. The molecule has 0 radical (unpaired) electrons. The number of alkyl halides is 3. The summed E-state index contributed by atoms with van der Waals surface area (Å²) >= 11 is 0. The second-order valence-corrected chi connectivity index (χ2v) is 10.4. The Hall–Kier alpha value is -0.550. The minimum Gasteiger partial charge on any atom is -0.384 e. The Bertz CT molecular complexity index is 644. The minimum absolute atomic E-state index is 0.0963. The van der Waals surface area contributed by atoms with Crippen molar-refractivity contribution in [3.05, 3.63) is 11.6 Å². The summed E-state index contributed by atoms with van der Waals surface area (Å²) in [5.74, 6) is 1.56. The Labute approximate surface area is 166 Å². The zero-order valence-corrected chi connectivity index (χ0v) is 17.4. The van der Waals surface area contributed by atoms with Crippen molar-refractivity contribution in [1.29, 1.82) is 0 Å². The Morgan fingerprint density at radius 2 is 1.86 bits per heavy atom. The Morgan fingerprint density at radius 1 is 1.11 bits per heavy atom. The first-order chi connectivity index (χ1) is 13.1. The number of ether oxygens (including phenoxy) is 1. The Morgan fingerprint density at radius 3 is 2.50 bits per heavy atom. The predicted molar refractivity (Wildman–Crippen MR) is 103 cm³/mol. The third-order valence-electron chi connectivity index (χ3n) is 9.56. The largest absolute Gasteiger partial charge is 0.417 e. The third kappa shape index (κ3) is 2.74. The number of methoxy groups -OCH3 is 1. The smallest absolute Gasteiger partial charge is 0.384 e. The molecule has 0 amide bonds. The van der Waals surface area contributed by atoms with Gasteiger partial charge in [0.05, 0.1) is 6.61 Å². The normalized spacial score (nSPS) is 50.2. The summed E-state index contributed by atoms with van der Waals surface area (Å²) in [4.78, 5) is 0. The van der Waals surface area contributed by atoms with E-state index in [2.05, 4.69) is 19.9 Å². The van der Waals surface area contributed by atoms with E-state index in [4.69, 9.17) is 4.74 Å². The molecule has 4 saturated carbocycles. The van der Waals surface area contributed by atoms with Gasteiger partial charge in [-0.1, -0.05) is 18.6 Å². The first-order valence-corrected chi connectivity index (χ1v) is 11.0. The van der Waals surface area contributed by atoms with E-state index in [1.54, 1.807) is 12.7 Å². The maximum atomic E-state index is 13.5. The molecule has 0 aliphatic heterocycles. The molecule has 28 heavy (non-hydrogen) atoms. The molecule has 4 rings (SSSR count). The molecule has 0 saturated heterocycles. The molecule has 1 N–H and O–H groups in total. The molecule has 0 aromatic heterocycles. The van der Waals surface area contributed by atoms with Crippen molar-refractivity contribution in [2.45, 2.75) is 83.4 Å². The van der Waals surface area contributed by atoms with Crippen molar-refractivity contribution in [2.24, 2.45) is 34.5 Å². The van der Waals surface area contributed by atoms with Gasteiger partial charge in [-0.25, -0.2) is 0 Å². The number of allylic oxidation sites excluding steroid dienone is 2. The summed E-state index contributed by atoms with van der Waals surface area (Å²) in [6, 6.07) is 0. The Kier molecular flexibility index (Phi) is 4.98. The van der Waals surface area contributed by atoms with E-state index in [9.17, 15) is 18.3 Å². The van der Waals surface area contributed by atoms with Gasteiger partial charge in [0.1, 0.15) is 0 Å². The lowest BCUT2D eigenvalue weighted by molar-refractivity contribution is -0.293. The van der Waals surface area contributed by atoms with Gasteiger partial charge < -0.3 is 9.84 Å². The highest BCUT2D eigenvalue weighted by molar-refractivity contribution is 5.24.